The number of pyridine rings is 2. The van der Waals surface area contributed by atoms with Gasteiger partial charge < -0.3 is 19.5 Å². The second-order valence-electron chi connectivity index (χ2n) is 6.75. The number of carbonyl (C=O) groups excluding carboxylic acids is 1. The van der Waals surface area contributed by atoms with E-state index in [1.54, 1.807) is 18.2 Å². The number of hydrogen-bond acceptors (Lipinski definition) is 7. The van der Waals surface area contributed by atoms with E-state index in [0.29, 0.717) is 11.4 Å². The molecule has 10 heteroatoms. The van der Waals surface area contributed by atoms with Gasteiger partial charge >= 0.3 is 12.1 Å². The molecule has 3 aromatic rings. The highest BCUT2D eigenvalue weighted by Gasteiger charge is 2.35. The zero-order chi connectivity index (χ0) is 25.4. The number of alkyl halides is 3. The molecule has 0 bridgehead atoms. The summed E-state index contributed by atoms with van der Waals surface area (Å²) in [6, 6.07) is 9.38. The van der Waals surface area contributed by atoms with Crippen molar-refractivity contribution in [2.45, 2.75) is 6.18 Å². The first-order chi connectivity index (χ1) is 16.8. The topological polar surface area (TPSA) is 82.6 Å². The molecule has 0 spiro atoms. The lowest BCUT2D eigenvalue weighted by molar-refractivity contribution is -0.138. The second-order valence-corrected chi connectivity index (χ2v) is 6.75. The maximum atomic E-state index is 13.3. The fraction of sp³-hybridized carbons (Fsp3) is 0.0800. The van der Waals surface area contributed by atoms with Gasteiger partial charge in [0.25, 0.3) is 0 Å². The average molecular weight is 483 g/mol. The van der Waals surface area contributed by atoms with Crippen LogP contribution in [0.2, 0.25) is 0 Å². The molecule has 0 unspecified atom stereocenters. The van der Waals surface area contributed by atoms with E-state index in [2.05, 4.69) is 28.4 Å². The van der Waals surface area contributed by atoms with Crippen molar-refractivity contribution in [1.29, 1.82) is 0 Å². The molecule has 2 aromatic heterocycles. The predicted molar refractivity (Wildman–Crippen MR) is 124 cm³/mol. The minimum atomic E-state index is -4.67. The van der Waals surface area contributed by atoms with E-state index < -0.39 is 23.6 Å². The molecule has 1 aromatic carbocycles. The average Bonchev–Trinajstić information content (AvgIpc) is 2.85. The van der Waals surface area contributed by atoms with Crippen LogP contribution in [0.25, 0.3) is 0 Å². The van der Waals surface area contributed by atoms with E-state index in [4.69, 9.17) is 14.2 Å². The van der Waals surface area contributed by atoms with E-state index in [1.807, 2.05) is 0 Å². The predicted octanol–water partition coefficient (Wildman–Crippen LogP) is 6.45. The molecule has 0 fully saturated rings. The van der Waals surface area contributed by atoms with Crippen LogP contribution in [0.4, 0.5) is 24.5 Å². The summed E-state index contributed by atoms with van der Waals surface area (Å²) in [4.78, 5) is 20.3. The van der Waals surface area contributed by atoms with Crippen molar-refractivity contribution in [1.82, 2.24) is 9.97 Å². The Morgan fingerprint density at radius 1 is 1.03 bits per heavy atom. The summed E-state index contributed by atoms with van der Waals surface area (Å²) in [6.07, 6.45) is 2.59. The van der Waals surface area contributed by atoms with Crippen LogP contribution in [-0.4, -0.2) is 23.0 Å². The molecule has 0 saturated heterocycles. The molecular formula is C25H20F3N3O4. The van der Waals surface area contributed by atoms with Crippen molar-refractivity contribution in [3.8, 4) is 17.5 Å². The first kappa shape index (κ1) is 25.0. The van der Waals surface area contributed by atoms with Crippen molar-refractivity contribution >= 4 is 17.3 Å². The van der Waals surface area contributed by atoms with Gasteiger partial charge in [0, 0.05) is 12.4 Å². The molecule has 180 valence electrons. The minimum absolute atomic E-state index is 0.00475. The highest BCUT2D eigenvalue weighted by Crippen LogP contribution is 2.37. The van der Waals surface area contributed by atoms with Crippen LogP contribution in [0.1, 0.15) is 15.9 Å². The first-order valence-corrected chi connectivity index (χ1v) is 10.0. The normalized spacial score (nSPS) is 11.4. The lowest BCUT2D eigenvalue weighted by Crippen LogP contribution is -2.09. The smallest absolute Gasteiger partial charge is 0.421 e. The van der Waals surface area contributed by atoms with Gasteiger partial charge in [-0.25, -0.2) is 14.8 Å². The number of ether oxygens (including phenoxy) is 3. The second kappa shape index (κ2) is 11.0. The number of halogens is 3. The number of carbonyl (C=O) groups is 1. The van der Waals surface area contributed by atoms with E-state index in [0.717, 1.165) is 12.1 Å². The van der Waals surface area contributed by atoms with Crippen LogP contribution in [-0.2, 0) is 10.9 Å². The Morgan fingerprint density at radius 2 is 1.74 bits per heavy atom. The number of allylic oxidation sites excluding steroid dienone is 3. The Kier molecular flexibility index (Phi) is 7.88. The third-order valence-electron chi connectivity index (χ3n) is 4.43. The number of methoxy groups -OCH3 is 1. The number of rotatable bonds is 9. The SMILES string of the molecule is C=C/C=C(\C=C)Oc1ncccc1Nc1ccc(Oc2ncccc2C(F)(F)F)cc1C(=O)OC. The van der Waals surface area contributed by atoms with Gasteiger partial charge in [-0.05, 0) is 54.6 Å². The fourth-order valence-electron chi connectivity index (χ4n) is 2.86. The molecule has 0 radical (unpaired) electrons. The maximum Gasteiger partial charge on any atom is 0.421 e. The van der Waals surface area contributed by atoms with Gasteiger partial charge in [0.2, 0.25) is 11.8 Å². The van der Waals surface area contributed by atoms with Crippen molar-refractivity contribution in [2.75, 3.05) is 12.4 Å². The molecule has 35 heavy (non-hydrogen) atoms. The Labute approximate surface area is 199 Å². The van der Waals surface area contributed by atoms with Gasteiger partial charge in [-0.3, -0.25) is 0 Å². The van der Waals surface area contributed by atoms with Crippen LogP contribution >= 0.6 is 0 Å². The number of anilines is 2. The molecule has 0 aliphatic rings. The van der Waals surface area contributed by atoms with Crippen molar-refractivity contribution in [3.05, 3.63) is 103 Å². The number of esters is 1. The zero-order valence-electron chi connectivity index (χ0n) is 18.5. The zero-order valence-corrected chi connectivity index (χ0v) is 18.5. The van der Waals surface area contributed by atoms with Gasteiger partial charge in [0.05, 0.1) is 18.4 Å². The van der Waals surface area contributed by atoms with Gasteiger partial charge in [-0.15, -0.1) is 0 Å². The van der Waals surface area contributed by atoms with E-state index in [-0.39, 0.29) is 22.9 Å². The first-order valence-electron chi connectivity index (χ1n) is 10.0. The third kappa shape index (κ3) is 6.26. The molecule has 0 amide bonds. The van der Waals surface area contributed by atoms with Crippen molar-refractivity contribution in [2.24, 2.45) is 0 Å². The molecule has 0 atom stereocenters. The summed E-state index contributed by atoms with van der Waals surface area (Å²) in [7, 11) is 1.18. The van der Waals surface area contributed by atoms with Gasteiger partial charge in [-0.1, -0.05) is 19.2 Å². The number of hydrogen-bond donors (Lipinski definition) is 1. The Balaban J connectivity index is 1.97. The molecular weight excluding hydrogens is 463 g/mol. The summed E-state index contributed by atoms with van der Waals surface area (Å²) in [5.74, 6) is -0.884. The molecule has 2 heterocycles. The van der Waals surface area contributed by atoms with Crippen molar-refractivity contribution < 1.29 is 32.2 Å². The monoisotopic (exact) mass is 483 g/mol. The van der Waals surface area contributed by atoms with Crippen LogP contribution in [0, 0.1) is 0 Å². The van der Waals surface area contributed by atoms with E-state index in [9.17, 15) is 18.0 Å². The molecule has 0 saturated carbocycles. The summed E-state index contributed by atoms with van der Waals surface area (Å²) in [5, 5.41) is 3.03. The van der Waals surface area contributed by atoms with E-state index >= 15 is 0 Å². The Hall–Kier alpha value is -4.60. The summed E-state index contributed by atoms with van der Waals surface area (Å²) < 4.78 is 55.8. The maximum absolute atomic E-state index is 13.3. The van der Waals surface area contributed by atoms with Crippen LogP contribution in [0.3, 0.4) is 0 Å². The highest BCUT2D eigenvalue weighted by atomic mass is 19.4. The number of benzene rings is 1. The summed E-state index contributed by atoms with van der Waals surface area (Å²) in [5.41, 5.74) is -0.390. The Bertz CT molecular complexity index is 1270. The van der Waals surface area contributed by atoms with Gasteiger partial charge in [-0.2, -0.15) is 13.2 Å². The lowest BCUT2D eigenvalue weighted by atomic mass is 10.1. The third-order valence-corrected chi connectivity index (χ3v) is 4.43. The fourth-order valence-corrected chi connectivity index (χ4v) is 2.86. The summed E-state index contributed by atoms with van der Waals surface area (Å²) in [6.45, 7) is 7.27. The molecule has 0 aliphatic carbocycles. The lowest BCUT2D eigenvalue weighted by Gasteiger charge is -2.16. The minimum Gasteiger partial charge on any atom is -0.465 e. The Morgan fingerprint density at radius 3 is 2.40 bits per heavy atom. The van der Waals surface area contributed by atoms with E-state index in [1.165, 1.54) is 49.9 Å². The van der Waals surface area contributed by atoms with Crippen molar-refractivity contribution in [3.63, 3.8) is 0 Å². The van der Waals surface area contributed by atoms with Gasteiger partial charge in [0.1, 0.15) is 22.8 Å². The number of nitrogens with one attached hydrogen (secondary N) is 1. The standard InChI is InChI=1S/C25H20F3N3O4/c1-4-8-16(5-2)34-23-21(10-7-14-30-23)31-20-12-11-17(15-18(20)24(32)33-3)35-22-19(25(26,27)28)9-6-13-29-22/h4-15,31H,1-2H2,3H3/b16-8+. The molecule has 7 nitrogen and oxygen atoms in total. The van der Waals surface area contributed by atoms with Crippen LogP contribution < -0.4 is 14.8 Å². The quantitative estimate of drug-likeness (QED) is 0.213. The molecule has 0 aliphatic heterocycles. The van der Waals surface area contributed by atoms with Crippen LogP contribution in [0.5, 0.6) is 17.5 Å². The van der Waals surface area contributed by atoms with Crippen LogP contribution in [0.15, 0.2) is 92.0 Å². The molecule has 3 rings (SSSR count). The number of nitrogens with zero attached hydrogens (tertiary/aromatic N) is 2. The molecule has 1 N–H and O–H groups in total. The highest BCUT2D eigenvalue weighted by molar-refractivity contribution is 5.97. The number of aromatic nitrogens is 2. The largest absolute Gasteiger partial charge is 0.465 e. The summed E-state index contributed by atoms with van der Waals surface area (Å²) >= 11 is 0. The van der Waals surface area contributed by atoms with Gasteiger partial charge in [0.15, 0.2) is 0 Å².